The predicted octanol–water partition coefficient (Wildman–Crippen LogP) is 2.78. The highest BCUT2D eigenvalue weighted by molar-refractivity contribution is 5.92. The van der Waals surface area contributed by atoms with Gasteiger partial charge in [-0.2, -0.15) is 5.26 Å². The average molecular weight is 233 g/mol. The van der Waals surface area contributed by atoms with Gasteiger partial charge < -0.3 is 9.84 Å². The Bertz CT molecular complexity index is 472. The highest BCUT2D eigenvalue weighted by Gasteiger charge is 2.20. The van der Waals surface area contributed by atoms with Crippen molar-refractivity contribution in [3.8, 4) is 11.8 Å². The number of ether oxygens (including phenoxy) is 1. The van der Waals surface area contributed by atoms with Crippen LogP contribution in [-0.4, -0.2) is 17.7 Å². The predicted molar refractivity (Wildman–Crippen MR) is 63.4 cm³/mol. The van der Waals surface area contributed by atoms with Gasteiger partial charge in [0.05, 0.1) is 12.2 Å². The van der Waals surface area contributed by atoms with E-state index >= 15 is 0 Å². The summed E-state index contributed by atoms with van der Waals surface area (Å²) in [6.07, 6.45) is 0. The molecule has 0 spiro atoms. The maximum atomic E-state index is 11.1. The SMILES string of the molecule is CCOc1c(C(=O)O)ccc(C(C)C)c1C#N. The summed E-state index contributed by atoms with van der Waals surface area (Å²) in [7, 11) is 0. The molecule has 1 aromatic carbocycles. The smallest absolute Gasteiger partial charge is 0.339 e. The third kappa shape index (κ3) is 2.56. The monoisotopic (exact) mass is 233 g/mol. The van der Waals surface area contributed by atoms with E-state index in [0.29, 0.717) is 12.2 Å². The van der Waals surface area contributed by atoms with Gasteiger partial charge in [-0.1, -0.05) is 19.9 Å². The summed E-state index contributed by atoms with van der Waals surface area (Å²) in [6, 6.07) is 5.20. The Kier molecular flexibility index (Phi) is 4.11. The molecule has 0 fully saturated rings. The summed E-state index contributed by atoms with van der Waals surface area (Å²) in [5.74, 6) is -0.763. The molecule has 0 bridgehead atoms. The first-order valence-electron chi connectivity index (χ1n) is 5.46. The lowest BCUT2D eigenvalue weighted by Crippen LogP contribution is -2.07. The van der Waals surface area contributed by atoms with Crippen molar-refractivity contribution >= 4 is 5.97 Å². The van der Waals surface area contributed by atoms with Crippen LogP contribution in [0, 0.1) is 11.3 Å². The van der Waals surface area contributed by atoms with E-state index in [1.807, 2.05) is 19.9 Å². The third-order valence-corrected chi connectivity index (χ3v) is 2.44. The quantitative estimate of drug-likeness (QED) is 0.868. The highest BCUT2D eigenvalue weighted by Crippen LogP contribution is 2.31. The number of nitrogens with zero attached hydrogens (tertiary/aromatic N) is 1. The fraction of sp³-hybridized carbons (Fsp3) is 0.385. The number of carbonyl (C=O) groups is 1. The van der Waals surface area contributed by atoms with Crippen LogP contribution in [0.4, 0.5) is 0 Å². The van der Waals surface area contributed by atoms with Crippen LogP contribution >= 0.6 is 0 Å². The molecule has 0 saturated heterocycles. The molecule has 0 atom stereocenters. The van der Waals surface area contributed by atoms with Gasteiger partial charge in [-0.3, -0.25) is 0 Å². The van der Waals surface area contributed by atoms with Gasteiger partial charge in [-0.25, -0.2) is 4.79 Å². The van der Waals surface area contributed by atoms with Crippen molar-refractivity contribution in [1.29, 1.82) is 5.26 Å². The molecule has 0 aliphatic carbocycles. The van der Waals surface area contributed by atoms with Crippen molar-refractivity contribution < 1.29 is 14.6 Å². The third-order valence-electron chi connectivity index (χ3n) is 2.44. The molecule has 0 radical (unpaired) electrons. The van der Waals surface area contributed by atoms with E-state index < -0.39 is 5.97 Å². The van der Waals surface area contributed by atoms with E-state index in [0.717, 1.165) is 5.56 Å². The molecule has 1 aromatic rings. The van der Waals surface area contributed by atoms with Crippen molar-refractivity contribution in [3.63, 3.8) is 0 Å². The molecule has 0 aliphatic heterocycles. The van der Waals surface area contributed by atoms with Crippen molar-refractivity contribution in [3.05, 3.63) is 28.8 Å². The molecular weight excluding hydrogens is 218 g/mol. The molecule has 1 N–H and O–H groups in total. The summed E-state index contributed by atoms with van der Waals surface area (Å²) < 4.78 is 5.31. The number of hydrogen-bond acceptors (Lipinski definition) is 3. The first-order chi connectivity index (χ1) is 8.02. The minimum Gasteiger partial charge on any atom is -0.492 e. The Labute approximate surface area is 100 Å². The summed E-state index contributed by atoms with van der Waals surface area (Å²) in [4.78, 5) is 11.1. The number of carboxylic acid groups (broad SMARTS) is 1. The molecule has 4 nitrogen and oxygen atoms in total. The molecule has 0 saturated carbocycles. The molecule has 1 rings (SSSR count). The van der Waals surface area contributed by atoms with Crippen LogP contribution in [0.25, 0.3) is 0 Å². The minimum absolute atomic E-state index is 0.0350. The van der Waals surface area contributed by atoms with E-state index in [-0.39, 0.29) is 17.2 Å². The van der Waals surface area contributed by atoms with Gasteiger partial charge in [0.1, 0.15) is 11.6 Å². The second-order valence-electron chi connectivity index (χ2n) is 3.91. The molecule has 0 aromatic heterocycles. The van der Waals surface area contributed by atoms with Crippen LogP contribution in [0.5, 0.6) is 5.75 Å². The van der Waals surface area contributed by atoms with Crippen LogP contribution in [-0.2, 0) is 0 Å². The number of carboxylic acids is 1. The number of rotatable bonds is 4. The van der Waals surface area contributed by atoms with Gasteiger partial charge in [0, 0.05) is 0 Å². The highest BCUT2D eigenvalue weighted by atomic mass is 16.5. The summed E-state index contributed by atoms with van der Waals surface area (Å²) in [6.45, 7) is 5.99. The second-order valence-corrected chi connectivity index (χ2v) is 3.91. The van der Waals surface area contributed by atoms with Gasteiger partial charge >= 0.3 is 5.97 Å². The first kappa shape index (κ1) is 13.0. The molecule has 0 amide bonds. The maximum absolute atomic E-state index is 11.1. The van der Waals surface area contributed by atoms with Crippen LogP contribution in [0.1, 0.15) is 48.2 Å². The van der Waals surface area contributed by atoms with Gasteiger partial charge in [-0.15, -0.1) is 0 Å². The number of benzene rings is 1. The topological polar surface area (TPSA) is 70.3 Å². The Balaban J connectivity index is 3.50. The van der Waals surface area contributed by atoms with Crippen molar-refractivity contribution in [2.24, 2.45) is 0 Å². The van der Waals surface area contributed by atoms with E-state index in [2.05, 4.69) is 0 Å². The second kappa shape index (κ2) is 5.35. The minimum atomic E-state index is -1.08. The van der Waals surface area contributed by atoms with E-state index in [1.54, 1.807) is 13.0 Å². The van der Waals surface area contributed by atoms with E-state index in [9.17, 15) is 4.79 Å². The van der Waals surface area contributed by atoms with E-state index in [1.165, 1.54) is 6.07 Å². The standard InChI is InChI=1S/C13H15NO3/c1-4-17-12-10(13(15)16)6-5-9(8(2)3)11(12)7-14/h5-6,8H,4H2,1-3H3,(H,15,16). The van der Waals surface area contributed by atoms with Gasteiger partial charge in [0.25, 0.3) is 0 Å². The Morgan fingerprint density at radius 2 is 2.18 bits per heavy atom. The van der Waals surface area contributed by atoms with Crippen LogP contribution in [0.2, 0.25) is 0 Å². The molecule has 0 aliphatic rings. The molecule has 0 unspecified atom stereocenters. The fourth-order valence-corrected chi connectivity index (χ4v) is 1.66. The summed E-state index contributed by atoms with van der Waals surface area (Å²) in [5.41, 5.74) is 1.16. The Hall–Kier alpha value is -2.02. The normalized spacial score (nSPS) is 10.1. The number of aromatic carboxylic acids is 1. The van der Waals surface area contributed by atoms with Crippen LogP contribution < -0.4 is 4.74 Å². The van der Waals surface area contributed by atoms with Crippen LogP contribution in [0.3, 0.4) is 0 Å². The van der Waals surface area contributed by atoms with Crippen molar-refractivity contribution in [2.45, 2.75) is 26.7 Å². The average Bonchev–Trinajstić information content (AvgIpc) is 2.28. The van der Waals surface area contributed by atoms with Crippen molar-refractivity contribution in [2.75, 3.05) is 6.61 Å². The molecule has 17 heavy (non-hydrogen) atoms. The lowest BCUT2D eigenvalue weighted by atomic mass is 9.95. The first-order valence-corrected chi connectivity index (χ1v) is 5.46. The van der Waals surface area contributed by atoms with Gasteiger partial charge in [0.2, 0.25) is 0 Å². The molecule has 0 heterocycles. The zero-order valence-corrected chi connectivity index (χ0v) is 10.2. The Morgan fingerprint density at radius 1 is 1.53 bits per heavy atom. The lowest BCUT2D eigenvalue weighted by molar-refractivity contribution is 0.0692. The largest absolute Gasteiger partial charge is 0.492 e. The molecular formula is C13H15NO3. The summed E-state index contributed by atoms with van der Waals surface area (Å²) in [5, 5.41) is 18.2. The molecule has 4 heteroatoms. The zero-order valence-electron chi connectivity index (χ0n) is 10.2. The van der Waals surface area contributed by atoms with Gasteiger partial charge in [-0.05, 0) is 24.5 Å². The fourth-order valence-electron chi connectivity index (χ4n) is 1.66. The van der Waals surface area contributed by atoms with E-state index in [4.69, 9.17) is 15.1 Å². The van der Waals surface area contributed by atoms with Crippen LogP contribution in [0.15, 0.2) is 12.1 Å². The zero-order chi connectivity index (χ0) is 13.0. The summed E-state index contributed by atoms with van der Waals surface area (Å²) >= 11 is 0. The number of nitriles is 1. The lowest BCUT2D eigenvalue weighted by Gasteiger charge is -2.14. The Morgan fingerprint density at radius 3 is 2.59 bits per heavy atom. The maximum Gasteiger partial charge on any atom is 0.339 e. The van der Waals surface area contributed by atoms with Gasteiger partial charge in [0.15, 0.2) is 5.75 Å². The van der Waals surface area contributed by atoms with Crippen molar-refractivity contribution in [1.82, 2.24) is 0 Å². The molecule has 90 valence electrons. The number of hydrogen-bond donors (Lipinski definition) is 1.